The first-order valence-corrected chi connectivity index (χ1v) is 8.53. The fourth-order valence-corrected chi connectivity index (χ4v) is 2.57. The van der Waals surface area contributed by atoms with Crippen LogP contribution in [0.2, 0.25) is 0 Å². The van der Waals surface area contributed by atoms with Crippen molar-refractivity contribution in [2.24, 2.45) is 0 Å². The van der Waals surface area contributed by atoms with Gasteiger partial charge in [0.25, 0.3) is 5.56 Å². The summed E-state index contributed by atoms with van der Waals surface area (Å²) in [5.74, 6) is -1.09. The minimum atomic E-state index is -0.441. The van der Waals surface area contributed by atoms with E-state index in [0.717, 1.165) is 10.1 Å². The van der Waals surface area contributed by atoms with Crippen LogP contribution in [0.3, 0.4) is 0 Å². The largest absolute Gasteiger partial charge is 0.350 e. The van der Waals surface area contributed by atoms with Crippen molar-refractivity contribution in [2.75, 3.05) is 5.32 Å². The summed E-state index contributed by atoms with van der Waals surface area (Å²) in [7, 11) is 0. The van der Waals surface area contributed by atoms with Gasteiger partial charge in [-0.2, -0.15) is 0 Å². The molecule has 28 heavy (non-hydrogen) atoms. The molecule has 1 amide bonds. The predicted octanol–water partition coefficient (Wildman–Crippen LogP) is 2.89. The molecule has 1 aromatic heterocycles. The summed E-state index contributed by atoms with van der Waals surface area (Å²) in [6, 6.07) is 12.7. The Hall–Kier alpha value is -3.55. The van der Waals surface area contributed by atoms with Gasteiger partial charge in [0.2, 0.25) is 11.9 Å². The van der Waals surface area contributed by atoms with Gasteiger partial charge in [-0.15, -0.1) is 0 Å². The van der Waals surface area contributed by atoms with Gasteiger partial charge in [-0.05, 0) is 42.8 Å². The number of carbonyl (C=O) groups excluding carboxylic acids is 1. The maximum absolute atomic E-state index is 13.4. The van der Waals surface area contributed by atoms with E-state index < -0.39 is 17.3 Å². The molecule has 0 spiro atoms. The van der Waals surface area contributed by atoms with Crippen LogP contribution in [-0.4, -0.2) is 15.5 Å². The standard InChI is InChI=1S/C20H18F2N4O2/c1-13-9-19(28)26(20(24-13)25-17-4-2-3-16(22)10-17)12-18(27)23-11-14-5-7-15(21)8-6-14/h2-10H,11-12H2,1H3,(H,23,27)(H,24,25). The second kappa shape index (κ2) is 8.43. The van der Waals surface area contributed by atoms with Gasteiger partial charge in [-0.25, -0.2) is 13.8 Å². The van der Waals surface area contributed by atoms with Crippen LogP contribution in [0.15, 0.2) is 59.4 Å². The third-order valence-corrected chi connectivity index (χ3v) is 3.92. The molecule has 0 radical (unpaired) electrons. The molecule has 0 aliphatic heterocycles. The number of hydrogen-bond donors (Lipinski definition) is 2. The maximum Gasteiger partial charge on any atom is 0.255 e. The number of nitrogens with one attached hydrogen (secondary N) is 2. The lowest BCUT2D eigenvalue weighted by atomic mass is 10.2. The van der Waals surface area contributed by atoms with Gasteiger partial charge in [0.15, 0.2) is 0 Å². The van der Waals surface area contributed by atoms with Gasteiger partial charge in [-0.3, -0.25) is 14.2 Å². The van der Waals surface area contributed by atoms with E-state index in [1.54, 1.807) is 25.1 Å². The highest BCUT2D eigenvalue weighted by atomic mass is 19.1. The van der Waals surface area contributed by atoms with Crippen molar-refractivity contribution in [2.45, 2.75) is 20.0 Å². The number of amides is 1. The van der Waals surface area contributed by atoms with Crippen LogP contribution in [0.5, 0.6) is 0 Å². The van der Waals surface area contributed by atoms with Crippen LogP contribution < -0.4 is 16.2 Å². The van der Waals surface area contributed by atoms with Crippen LogP contribution in [-0.2, 0) is 17.9 Å². The summed E-state index contributed by atoms with van der Waals surface area (Å²) in [4.78, 5) is 28.9. The van der Waals surface area contributed by atoms with Gasteiger partial charge >= 0.3 is 0 Å². The molecule has 0 saturated carbocycles. The molecule has 0 saturated heterocycles. The van der Waals surface area contributed by atoms with E-state index >= 15 is 0 Å². The fraction of sp³-hybridized carbons (Fsp3) is 0.150. The Morgan fingerprint density at radius 3 is 2.54 bits per heavy atom. The van der Waals surface area contributed by atoms with Crippen LogP contribution in [0.1, 0.15) is 11.3 Å². The Balaban J connectivity index is 1.75. The molecular formula is C20H18F2N4O2. The Morgan fingerprint density at radius 1 is 1.07 bits per heavy atom. The minimum Gasteiger partial charge on any atom is -0.350 e. The molecular weight excluding hydrogens is 366 g/mol. The molecule has 0 bridgehead atoms. The smallest absolute Gasteiger partial charge is 0.255 e. The maximum atomic E-state index is 13.4. The first-order valence-electron chi connectivity index (χ1n) is 8.53. The average molecular weight is 384 g/mol. The SMILES string of the molecule is Cc1cc(=O)n(CC(=O)NCc2ccc(F)cc2)c(Nc2cccc(F)c2)n1. The fourth-order valence-electron chi connectivity index (χ4n) is 2.57. The summed E-state index contributed by atoms with van der Waals surface area (Å²) in [6.45, 7) is 1.57. The molecule has 8 heteroatoms. The van der Waals surface area contributed by atoms with Crippen molar-refractivity contribution in [3.63, 3.8) is 0 Å². The number of benzene rings is 2. The Bertz CT molecular complexity index is 1050. The molecule has 2 aromatic carbocycles. The average Bonchev–Trinajstić information content (AvgIpc) is 2.64. The zero-order chi connectivity index (χ0) is 20.1. The highest BCUT2D eigenvalue weighted by molar-refractivity contribution is 5.76. The Labute approximate surface area is 159 Å². The molecule has 0 aliphatic rings. The topological polar surface area (TPSA) is 76.0 Å². The van der Waals surface area contributed by atoms with Crippen LogP contribution >= 0.6 is 0 Å². The van der Waals surface area contributed by atoms with E-state index in [-0.39, 0.29) is 24.9 Å². The number of hydrogen-bond acceptors (Lipinski definition) is 4. The summed E-state index contributed by atoms with van der Waals surface area (Å²) in [5, 5.41) is 5.54. The molecule has 1 heterocycles. The molecule has 0 fully saturated rings. The van der Waals surface area contributed by atoms with Crippen molar-refractivity contribution < 1.29 is 13.6 Å². The Kier molecular flexibility index (Phi) is 5.78. The number of carbonyl (C=O) groups is 1. The van der Waals surface area contributed by atoms with E-state index in [0.29, 0.717) is 11.4 Å². The van der Waals surface area contributed by atoms with Crippen molar-refractivity contribution in [3.05, 3.63) is 87.8 Å². The lowest BCUT2D eigenvalue weighted by Gasteiger charge is -2.14. The summed E-state index contributed by atoms with van der Waals surface area (Å²) in [5.41, 5.74) is 1.18. The molecule has 144 valence electrons. The number of aromatic nitrogens is 2. The third kappa shape index (κ3) is 5.00. The molecule has 0 unspecified atom stereocenters. The van der Waals surface area contributed by atoms with Crippen molar-refractivity contribution >= 4 is 17.5 Å². The second-order valence-corrected chi connectivity index (χ2v) is 6.18. The van der Waals surface area contributed by atoms with Gasteiger partial charge in [0.05, 0.1) is 0 Å². The molecule has 0 aliphatic carbocycles. The van der Waals surface area contributed by atoms with E-state index in [1.165, 1.54) is 36.4 Å². The van der Waals surface area contributed by atoms with Gasteiger partial charge in [0.1, 0.15) is 18.2 Å². The molecule has 2 N–H and O–H groups in total. The quantitative estimate of drug-likeness (QED) is 0.685. The molecule has 3 aromatic rings. The van der Waals surface area contributed by atoms with E-state index in [9.17, 15) is 18.4 Å². The number of nitrogens with zero attached hydrogens (tertiary/aromatic N) is 2. The van der Waals surface area contributed by atoms with Gasteiger partial charge in [0, 0.05) is 24.0 Å². The summed E-state index contributed by atoms with van der Waals surface area (Å²) < 4.78 is 27.5. The predicted molar refractivity (Wildman–Crippen MR) is 101 cm³/mol. The van der Waals surface area contributed by atoms with Crippen molar-refractivity contribution in [1.82, 2.24) is 14.9 Å². The van der Waals surface area contributed by atoms with Crippen LogP contribution in [0.25, 0.3) is 0 Å². The first kappa shape index (κ1) is 19.2. The van der Waals surface area contributed by atoms with Gasteiger partial charge in [-0.1, -0.05) is 18.2 Å². The lowest BCUT2D eigenvalue weighted by molar-refractivity contribution is -0.121. The van der Waals surface area contributed by atoms with Crippen LogP contribution in [0, 0.1) is 18.6 Å². The first-order chi connectivity index (χ1) is 13.4. The highest BCUT2D eigenvalue weighted by Crippen LogP contribution is 2.15. The number of halogens is 2. The zero-order valence-corrected chi connectivity index (χ0v) is 15.1. The third-order valence-electron chi connectivity index (χ3n) is 3.92. The Morgan fingerprint density at radius 2 is 1.82 bits per heavy atom. The molecule has 6 nitrogen and oxygen atoms in total. The summed E-state index contributed by atoms with van der Waals surface area (Å²) in [6.07, 6.45) is 0. The van der Waals surface area contributed by atoms with Gasteiger partial charge < -0.3 is 10.6 Å². The minimum absolute atomic E-state index is 0.132. The zero-order valence-electron chi connectivity index (χ0n) is 15.1. The second-order valence-electron chi connectivity index (χ2n) is 6.18. The van der Waals surface area contributed by atoms with E-state index in [2.05, 4.69) is 15.6 Å². The lowest BCUT2D eigenvalue weighted by Crippen LogP contribution is -2.33. The monoisotopic (exact) mass is 384 g/mol. The van der Waals surface area contributed by atoms with Crippen LogP contribution in [0.4, 0.5) is 20.4 Å². The molecule has 3 rings (SSSR count). The summed E-state index contributed by atoms with van der Waals surface area (Å²) >= 11 is 0. The van der Waals surface area contributed by atoms with Crippen molar-refractivity contribution in [1.29, 1.82) is 0 Å². The molecule has 0 atom stereocenters. The normalized spacial score (nSPS) is 10.5. The van der Waals surface area contributed by atoms with E-state index in [1.807, 2.05) is 0 Å². The number of rotatable bonds is 6. The number of anilines is 2. The van der Waals surface area contributed by atoms with E-state index in [4.69, 9.17) is 0 Å². The highest BCUT2D eigenvalue weighted by Gasteiger charge is 2.12. The van der Waals surface area contributed by atoms with Crippen molar-refractivity contribution in [3.8, 4) is 0 Å². The number of aryl methyl sites for hydroxylation is 1.